The molecule has 0 aliphatic heterocycles. The summed E-state index contributed by atoms with van der Waals surface area (Å²) in [6.45, 7) is 9.85. The predicted octanol–water partition coefficient (Wildman–Crippen LogP) is 7.60. The van der Waals surface area contributed by atoms with E-state index in [-0.39, 0.29) is 44.9 Å². The van der Waals surface area contributed by atoms with Crippen LogP contribution in [-0.4, -0.2) is 85.3 Å². The third-order valence-electron chi connectivity index (χ3n) is 7.23. The van der Waals surface area contributed by atoms with Crippen LogP contribution in [0.25, 0.3) is 11.3 Å². The van der Waals surface area contributed by atoms with Gasteiger partial charge in [-0.15, -0.1) is 0 Å². The van der Waals surface area contributed by atoms with Gasteiger partial charge in [-0.25, -0.2) is 9.18 Å². The Balaban J connectivity index is 0.000000879. The number of carboxylic acids is 1. The molecule has 3 rings (SSSR count). The van der Waals surface area contributed by atoms with E-state index in [1.165, 1.54) is 6.07 Å². The molecule has 1 heterocycles. The number of carbonyl (C=O) groups is 2. The number of ether oxygens (including phenoxy) is 1. The van der Waals surface area contributed by atoms with Gasteiger partial charge in [-0.3, -0.25) is 35.0 Å². The molecule has 1 aromatic heterocycles. The van der Waals surface area contributed by atoms with Crippen molar-refractivity contribution in [3.63, 3.8) is 0 Å². The zero-order valence-electron chi connectivity index (χ0n) is 33.7. The lowest BCUT2D eigenvalue weighted by Crippen LogP contribution is -2.25. The summed E-state index contributed by atoms with van der Waals surface area (Å²) in [6.07, 6.45) is 2.20. The highest BCUT2D eigenvalue weighted by Gasteiger charge is 2.39. The van der Waals surface area contributed by atoms with Crippen molar-refractivity contribution >= 4 is 75.0 Å². The normalized spacial score (nSPS) is 12.0. The molecule has 0 saturated carbocycles. The summed E-state index contributed by atoms with van der Waals surface area (Å²) in [5.74, 6) is -2.91. The van der Waals surface area contributed by atoms with Crippen molar-refractivity contribution < 1.29 is 61.2 Å². The van der Waals surface area contributed by atoms with Crippen LogP contribution in [0.1, 0.15) is 67.7 Å². The van der Waals surface area contributed by atoms with E-state index in [2.05, 4.69) is 45.1 Å². The van der Waals surface area contributed by atoms with Crippen molar-refractivity contribution in [1.82, 2.24) is 15.1 Å². The minimum atomic E-state index is -4.69. The molecule has 4 N–H and O–H groups in total. The number of anilines is 1. The number of carboxylic acid groups (broad SMARTS) is 1. The van der Waals surface area contributed by atoms with E-state index in [0.29, 0.717) is 26.7 Å². The lowest BCUT2D eigenvalue weighted by atomic mass is 10.0. The van der Waals surface area contributed by atoms with E-state index in [1.54, 1.807) is 27.7 Å². The van der Waals surface area contributed by atoms with E-state index >= 15 is 0 Å². The average Bonchev–Trinajstić information content (AvgIpc) is 3.37. The molecule has 17 nitrogen and oxygen atoms in total. The van der Waals surface area contributed by atoms with Crippen LogP contribution in [-0.2, 0) is 38.2 Å². The first-order valence-corrected chi connectivity index (χ1v) is 22.4. The minimum absolute atomic E-state index is 0.0109. The number of carbonyl (C=O) groups excluding carboxylic acids is 1. The molecule has 1 atom stereocenters. The van der Waals surface area contributed by atoms with Gasteiger partial charge in [0.15, 0.2) is 11.4 Å². The van der Waals surface area contributed by atoms with Gasteiger partial charge in [-0.1, -0.05) is 25.4 Å². The fourth-order valence-corrected chi connectivity index (χ4v) is 5.94. The Bertz CT molecular complexity index is 2000. The van der Waals surface area contributed by atoms with E-state index in [0.717, 1.165) is 32.0 Å². The first-order valence-electron chi connectivity index (χ1n) is 17.1. The second-order valence-electron chi connectivity index (χ2n) is 13.0. The van der Waals surface area contributed by atoms with Crippen LogP contribution >= 0.6 is 35.1 Å². The van der Waals surface area contributed by atoms with Gasteiger partial charge in [-0.05, 0) is 85.1 Å². The van der Waals surface area contributed by atoms with Gasteiger partial charge in [-0.2, -0.15) is 18.3 Å². The molecule has 59 heavy (non-hydrogen) atoms. The number of nitrogens with one attached hydrogen (secondary N) is 2. The highest BCUT2D eigenvalue weighted by Crippen LogP contribution is 2.42. The average molecular weight is 970 g/mol. The number of hydrogen-bond acceptors (Lipinski definition) is 12. The van der Waals surface area contributed by atoms with E-state index in [4.69, 9.17) is 26.3 Å². The number of esters is 1. The minimum Gasteiger partial charge on any atom is -0.778 e. The maximum atomic E-state index is 14.3. The van der Waals surface area contributed by atoms with Crippen LogP contribution < -0.4 is 15.5 Å². The second-order valence-corrected chi connectivity index (χ2v) is 18.2. The number of hydrogen-bond donors (Lipinski definition) is 4. The molecule has 0 saturated heterocycles. The fourth-order valence-electron chi connectivity index (χ4n) is 4.54. The number of nitrogens with zero attached hydrogens (tertiary/aromatic N) is 4. The van der Waals surface area contributed by atoms with Crippen LogP contribution in [0.15, 0.2) is 22.7 Å². The molecule has 25 heteroatoms. The number of aliphatic carboxylic acids is 1. The Morgan fingerprint density at radius 1 is 1.10 bits per heavy atom. The largest absolute Gasteiger partial charge is 0.778 e. The molecule has 2 aromatic carbocycles. The number of aromatic nitrogens is 2. The zero-order valence-corrected chi connectivity index (χ0v) is 37.7. The Labute approximate surface area is 354 Å². The Morgan fingerprint density at radius 3 is 2.02 bits per heavy atom. The monoisotopic (exact) mass is 968 g/mol. The fraction of sp³-hybridized carbons (Fsp3) is 0.500. The molecule has 0 amide bonds. The van der Waals surface area contributed by atoms with Crippen molar-refractivity contribution in [2.45, 2.75) is 72.7 Å². The number of aryl methyl sites for hydroxylation is 2. The third-order valence-corrected chi connectivity index (χ3v) is 8.91. The van der Waals surface area contributed by atoms with E-state index in [9.17, 15) is 56.8 Å². The lowest BCUT2D eigenvalue weighted by molar-refractivity contribution is -0.392. The predicted molar refractivity (Wildman–Crippen MR) is 220 cm³/mol. The van der Waals surface area contributed by atoms with Gasteiger partial charge in [0.2, 0.25) is 0 Å². The van der Waals surface area contributed by atoms with Gasteiger partial charge < -0.3 is 29.5 Å². The summed E-state index contributed by atoms with van der Waals surface area (Å²) < 4.78 is 68.6. The Hall–Kier alpha value is -3.86. The summed E-state index contributed by atoms with van der Waals surface area (Å²) in [7, 11) is -2.63. The lowest BCUT2D eigenvalue weighted by Gasteiger charge is -2.17. The summed E-state index contributed by atoms with van der Waals surface area (Å²) in [6, 6.07) is 3.21. The van der Waals surface area contributed by atoms with Crippen molar-refractivity contribution in [3.8, 4) is 11.3 Å². The second kappa shape index (κ2) is 24.4. The molecule has 1 unspecified atom stereocenters. The number of nitro benzene ring substituents is 2. The van der Waals surface area contributed by atoms with Crippen LogP contribution in [0.2, 0.25) is 5.02 Å². The third kappa shape index (κ3) is 18.5. The first kappa shape index (κ1) is 55.1. The summed E-state index contributed by atoms with van der Waals surface area (Å²) in [5, 5.41) is 38.9. The topological polar surface area (TPSA) is 252 Å². The van der Waals surface area contributed by atoms with E-state index < -0.39 is 70.5 Å². The molecular formula is C34H47BrClF4N6O11PS. The Morgan fingerprint density at radius 2 is 1.63 bits per heavy atom. The van der Waals surface area contributed by atoms with Crippen LogP contribution in [0.5, 0.6) is 0 Å². The van der Waals surface area contributed by atoms with Crippen LogP contribution in [0, 0.1) is 39.9 Å². The van der Waals surface area contributed by atoms with Crippen molar-refractivity contribution in [1.29, 1.82) is 0 Å². The van der Waals surface area contributed by atoms with Gasteiger partial charge in [0.05, 0.1) is 62.6 Å². The molecule has 0 radical (unpaired) electrons. The molecule has 332 valence electrons. The molecule has 0 bridgehead atoms. The smallest absolute Gasteiger partial charge is 0.434 e. The van der Waals surface area contributed by atoms with Crippen molar-refractivity contribution in [2.24, 2.45) is 7.05 Å². The number of benzene rings is 2. The van der Waals surface area contributed by atoms with Crippen molar-refractivity contribution in [2.75, 3.05) is 36.9 Å². The molecular weight excluding hydrogens is 923 g/mol. The first-order chi connectivity index (χ1) is 26.9. The van der Waals surface area contributed by atoms with Crippen molar-refractivity contribution in [3.05, 3.63) is 76.1 Å². The quantitative estimate of drug-likeness (QED) is 0.0321. The van der Waals surface area contributed by atoms with Crippen LogP contribution in [0.3, 0.4) is 0 Å². The van der Waals surface area contributed by atoms with Gasteiger partial charge in [0.25, 0.3) is 5.69 Å². The van der Waals surface area contributed by atoms with E-state index in [1.807, 2.05) is 19.2 Å². The number of nitro groups is 2. The maximum Gasteiger partial charge on any atom is 0.434 e. The highest BCUT2D eigenvalue weighted by atomic mass is 79.9. The summed E-state index contributed by atoms with van der Waals surface area (Å²) in [5.41, 5.74) is -1.30. The number of alkyl halides is 3. The molecule has 3 aromatic rings. The summed E-state index contributed by atoms with van der Waals surface area (Å²) in [4.78, 5) is 61.1. The summed E-state index contributed by atoms with van der Waals surface area (Å²) >= 11 is 8.67. The maximum absolute atomic E-state index is 14.3. The van der Waals surface area contributed by atoms with Gasteiger partial charge in [0.1, 0.15) is 19.1 Å². The van der Waals surface area contributed by atoms with Gasteiger partial charge >= 0.3 is 23.8 Å². The standard InChI is InChI=1S/C15H12BrClF4N2O2.C13H19N3O4.C3H8NO5P.C3H9S/c1-6(2)25-14(24)7-4-8(10(18)5-9(7)17)12-11(16)13(15(19,20)21)23(3)22-12;1-5-10(6-2)14-12-11(15(17)18)7-8(3)9(4)13(12)16(19)20;5-3(6)1-4-2-10(7,8)9;1-4(2)3/h4-6H,1-3H3;7,10,14H,5-6H2,1-4H3;4H,1-2H2,(H,5,6)(H2,7,8,9);1-3H3/q;;;+1/p-1. The molecule has 0 aliphatic carbocycles. The molecule has 0 spiro atoms. The van der Waals surface area contributed by atoms with Crippen LogP contribution in [0.4, 0.5) is 34.6 Å². The number of rotatable bonds is 13. The van der Waals surface area contributed by atoms with Gasteiger partial charge in [0, 0.05) is 30.3 Å². The molecule has 0 aliphatic rings. The zero-order chi connectivity index (χ0) is 46.3. The highest BCUT2D eigenvalue weighted by molar-refractivity contribution is 9.10. The Kier molecular flexibility index (Phi) is 22.8. The number of halogens is 6. The SMILES string of the molecule is CC(C)OC(=O)c1cc(-c2nn(C)c(C(F)(F)F)c2Br)c(F)cc1Cl.CCC(CC)Nc1c([N+](=O)[O-])cc(C)c(C)c1[N+](=O)[O-].C[S+](C)C.O=C(O)CNCP(=O)([O-])O. The molecule has 0 fully saturated rings.